The third kappa shape index (κ3) is 7.21. The molecule has 0 aromatic heterocycles. The number of nitrogens with one attached hydrogen (secondary N) is 1. The Hall–Kier alpha value is -0.290. The summed E-state index contributed by atoms with van der Waals surface area (Å²) in [6, 6.07) is 0.357. The first-order valence-electron chi connectivity index (χ1n) is 6.63. The molecule has 5 heteroatoms. The molecule has 18 heavy (non-hydrogen) atoms. The Morgan fingerprint density at radius 2 is 1.56 bits per heavy atom. The highest BCUT2D eigenvalue weighted by atomic mass is 19.4. The van der Waals surface area contributed by atoms with Gasteiger partial charge in [-0.3, -0.25) is 4.90 Å². The van der Waals surface area contributed by atoms with Gasteiger partial charge in [-0.2, -0.15) is 13.2 Å². The minimum absolute atomic E-state index is 0.0791. The molecule has 0 aliphatic carbocycles. The summed E-state index contributed by atoms with van der Waals surface area (Å²) >= 11 is 0. The average Bonchev–Trinajstić information content (AvgIpc) is 2.21. The summed E-state index contributed by atoms with van der Waals surface area (Å²) in [7, 11) is 1.54. The fraction of sp³-hybridized carbons (Fsp3) is 1.00. The summed E-state index contributed by atoms with van der Waals surface area (Å²) in [5.74, 6) is 0. The lowest BCUT2D eigenvalue weighted by molar-refractivity contribution is -0.146. The second-order valence-electron chi connectivity index (χ2n) is 5.53. The molecule has 0 saturated carbocycles. The first-order chi connectivity index (χ1) is 8.14. The van der Waals surface area contributed by atoms with Gasteiger partial charge in [0.25, 0.3) is 0 Å². The zero-order chi connectivity index (χ0) is 14.4. The van der Waals surface area contributed by atoms with E-state index in [-0.39, 0.29) is 5.41 Å². The monoisotopic (exact) mass is 268 g/mol. The Balaban J connectivity index is 4.49. The maximum Gasteiger partial charge on any atom is 0.401 e. The maximum absolute atomic E-state index is 12.3. The van der Waals surface area contributed by atoms with Crippen LogP contribution in [0, 0.1) is 5.41 Å². The van der Waals surface area contributed by atoms with Crippen LogP contribution in [0.15, 0.2) is 0 Å². The van der Waals surface area contributed by atoms with Crippen LogP contribution in [0.3, 0.4) is 0 Å². The smallest absolute Gasteiger partial charge is 0.314 e. The predicted octanol–water partition coefficient (Wildman–Crippen LogP) is 3.28. The Morgan fingerprint density at radius 1 is 1.06 bits per heavy atom. The number of nitrogens with zero attached hydrogens (tertiary/aromatic N) is 1. The second-order valence-corrected chi connectivity index (χ2v) is 5.53. The van der Waals surface area contributed by atoms with E-state index in [1.54, 1.807) is 7.05 Å². The van der Waals surface area contributed by atoms with Crippen molar-refractivity contribution in [2.45, 2.75) is 52.8 Å². The molecule has 0 atom stereocenters. The van der Waals surface area contributed by atoms with Crippen molar-refractivity contribution in [3.8, 4) is 0 Å². The fourth-order valence-electron chi connectivity index (χ4n) is 2.13. The Bertz CT molecular complexity index is 223. The van der Waals surface area contributed by atoms with E-state index in [9.17, 15) is 13.2 Å². The topological polar surface area (TPSA) is 15.3 Å². The van der Waals surface area contributed by atoms with Crippen LogP contribution in [0.25, 0.3) is 0 Å². The zero-order valence-electron chi connectivity index (χ0n) is 12.2. The van der Waals surface area contributed by atoms with Crippen molar-refractivity contribution in [1.29, 1.82) is 0 Å². The molecule has 0 radical (unpaired) electrons. The highest BCUT2D eigenvalue weighted by Gasteiger charge is 2.33. The van der Waals surface area contributed by atoms with Crippen molar-refractivity contribution in [3.63, 3.8) is 0 Å². The van der Waals surface area contributed by atoms with E-state index in [1.807, 2.05) is 13.8 Å². The summed E-state index contributed by atoms with van der Waals surface area (Å²) in [6.45, 7) is 8.60. The number of hydrogen-bond acceptors (Lipinski definition) is 2. The molecule has 0 spiro atoms. The fourth-order valence-corrected chi connectivity index (χ4v) is 2.13. The number of hydrogen-bond donors (Lipinski definition) is 1. The third-order valence-corrected chi connectivity index (χ3v) is 3.44. The lowest BCUT2D eigenvalue weighted by atomic mass is 9.81. The molecule has 0 heterocycles. The van der Waals surface area contributed by atoms with E-state index in [0.717, 1.165) is 19.4 Å². The van der Waals surface area contributed by atoms with Gasteiger partial charge in [0, 0.05) is 19.1 Å². The standard InChI is InChI=1S/C13H27F3N2/c1-6-12(7-2,8-17-11(3)4)9-18(5)10-13(14,15)16/h11,17H,6-10H2,1-5H3. The van der Waals surface area contributed by atoms with E-state index in [1.165, 1.54) is 4.90 Å². The lowest BCUT2D eigenvalue weighted by Gasteiger charge is -2.37. The molecule has 1 N–H and O–H groups in total. The van der Waals surface area contributed by atoms with Crippen molar-refractivity contribution >= 4 is 0 Å². The summed E-state index contributed by atoms with van der Waals surface area (Å²) in [5.41, 5.74) is -0.0791. The van der Waals surface area contributed by atoms with Crippen LogP contribution in [0.2, 0.25) is 0 Å². The highest BCUT2D eigenvalue weighted by molar-refractivity contribution is 4.83. The van der Waals surface area contributed by atoms with Crippen molar-refractivity contribution in [2.24, 2.45) is 5.41 Å². The lowest BCUT2D eigenvalue weighted by Crippen LogP contribution is -2.46. The van der Waals surface area contributed by atoms with E-state index >= 15 is 0 Å². The van der Waals surface area contributed by atoms with Crippen molar-refractivity contribution in [2.75, 3.05) is 26.7 Å². The molecule has 0 aromatic rings. The van der Waals surface area contributed by atoms with Gasteiger partial charge >= 0.3 is 6.18 Å². The van der Waals surface area contributed by atoms with Gasteiger partial charge in [0.1, 0.15) is 0 Å². The average molecular weight is 268 g/mol. The van der Waals surface area contributed by atoms with Crippen molar-refractivity contribution in [1.82, 2.24) is 10.2 Å². The van der Waals surface area contributed by atoms with Crippen LogP contribution < -0.4 is 5.32 Å². The zero-order valence-corrected chi connectivity index (χ0v) is 12.2. The molecule has 0 fully saturated rings. The number of alkyl halides is 3. The second kappa shape index (κ2) is 7.34. The summed E-state index contributed by atoms with van der Waals surface area (Å²) in [4.78, 5) is 1.38. The van der Waals surface area contributed by atoms with Crippen LogP contribution in [0.1, 0.15) is 40.5 Å². The summed E-state index contributed by atoms with van der Waals surface area (Å²) < 4.78 is 37.0. The third-order valence-electron chi connectivity index (χ3n) is 3.44. The van der Waals surface area contributed by atoms with Gasteiger partial charge < -0.3 is 5.32 Å². The Morgan fingerprint density at radius 3 is 1.89 bits per heavy atom. The molecular weight excluding hydrogens is 241 g/mol. The van der Waals surface area contributed by atoms with Crippen LogP contribution in [-0.2, 0) is 0 Å². The summed E-state index contributed by atoms with van der Waals surface area (Å²) in [6.07, 6.45) is -2.36. The van der Waals surface area contributed by atoms with Gasteiger partial charge in [0.15, 0.2) is 0 Å². The molecule has 0 saturated heterocycles. The van der Waals surface area contributed by atoms with Crippen molar-refractivity contribution < 1.29 is 13.2 Å². The molecular formula is C13H27F3N2. The normalized spacial score (nSPS) is 13.7. The molecule has 0 aliphatic heterocycles. The largest absolute Gasteiger partial charge is 0.401 e. The quantitative estimate of drug-likeness (QED) is 0.726. The molecule has 110 valence electrons. The summed E-state index contributed by atoms with van der Waals surface area (Å²) in [5, 5.41) is 3.35. The first kappa shape index (κ1) is 17.7. The molecule has 0 aromatic carbocycles. The van der Waals surface area contributed by atoms with E-state index in [0.29, 0.717) is 12.6 Å². The van der Waals surface area contributed by atoms with E-state index < -0.39 is 12.7 Å². The van der Waals surface area contributed by atoms with Crippen LogP contribution in [-0.4, -0.2) is 43.8 Å². The van der Waals surface area contributed by atoms with Crippen LogP contribution in [0.5, 0.6) is 0 Å². The number of halogens is 3. The molecule has 0 unspecified atom stereocenters. The van der Waals surface area contributed by atoms with E-state index in [2.05, 4.69) is 19.2 Å². The van der Waals surface area contributed by atoms with Gasteiger partial charge in [-0.15, -0.1) is 0 Å². The van der Waals surface area contributed by atoms with Gasteiger partial charge in [-0.1, -0.05) is 27.7 Å². The van der Waals surface area contributed by atoms with Crippen molar-refractivity contribution in [3.05, 3.63) is 0 Å². The molecule has 0 rings (SSSR count). The molecule has 0 bridgehead atoms. The van der Waals surface area contributed by atoms with Gasteiger partial charge in [0.05, 0.1) is 6.54 Å². The minimum atomic E-state index is -4.12. The first-order valence-corrected chi connectivity index (χ1v) is 6.63. The molecule has 0 aliphatic rings. The van der Waals surface area contributed by atoms with Gasteiger partial charge in [-0.05, 0) is 25.3 Å². The van der Waals surface area contributed by atoms with Gasteiger partial charge in [0.2, 0.25) is 0 Å². The Kier molecular flexibility index (Phi) is 7.22. The van der Waals surface area contributed by atoms with Gasteiger partial charge in [-0.25, -0.2) is 0 Å². The Labute approximate surface area is 109 Å². The van der Waals surface area contributed by atoms with Crippen LogP contribution >= 0.6 is 0 Å². The van der Waals surface area contributed by atoms with E-state index in [4.69, 9.17) is 0 Å². The minimum Gasteiger partial charge on any atom is -0.314 e. The SMILES string of the molecule is CCC(CC)(CNC(C)C)CN(C)CC(F)(F)F. The van der Waals surface area contributed by atoms with Crippen LogP contribution in [0.4, 0.5) is 13.2 Å². The predicted molar refractivity (Wildman–Crippen MR) is 69.7 cm³/mol. The number of rotatable bonds is 8. The maximum atomic E-state index is 12.3. The highest BCUT2D eigenvalue weighted by Crippen LogP contribution is 2.28. The molecule has 2 nitrogen and oxygen atoms in total. The molecule has 0 amide bonds.